The van der Waals surface area contributed by atoms with Crippen LogP contribution < -0.4 is 5.32 Å². The number of nitrogens with one attached hydrogen (secondary N) is 1. The minimum absolute atomic E-state index is 0.428. The van der Waals surface area contributed by atoms with Gasteiger partial charge in [0.1, 0.15) is 0 Å². The largest absolute Gasteiger partial charge is 0.308 e. The maximum Gasteiger partial charge on any atom is 0.0329 e. The summed E-state index contributed by atoms with van der Waals surface area (Å²) in [5.74, 6) is 0. The Morgan fingerprint density at radius 3 is 2.18 bits per heavy atom. The lowest BCUT2D eigenvalue weighted by atomic mass is 9.76. The standard InChI is InChI=1S/C15H30N2/c1-4-15(5-2)12-16-14(13-17(15)6-3)10-8-7-9-11-14/h16H,4-13H2,1-3H3. The zero-order valence-electron chi connectivity index (χ0n) is 12.0. The molecule has 2 fully saturated rings. The third kappa shape index (κ3) is 2.39. The molecule has 0 unspecified atom stereocenters. The molecule has 2 aliphatic rings. The highest BCUT2D eigenvalue weighted by atomic mass is 15.3. The van der Waals surface area contributed by atoms with Crippen molar-refractivity contribution in [2.75, 3.05) is 19.6 Å². The average molecular weight is 238 g/mol. The third-order valence-electron chi connectivity index (χ3n) is 5.47. The first-order valence-electron chi connectivity index (χ1n) is 7.70. The number of likely N-dealkylation sites (N-methyl/N-ethyl adjacent to an activating group) is 1. The molecular weight excluding hydrogens is 208 g/mol. The van der Waals surface area contributed by atoms with E-state index in [1.54, 1.807) is 0 Å². The van der Waals surface area contributed by atoms with E-state index in [2.05, 4.69) is 31.0 Å². The van der Waals surface area contributed by atoms with Gasteiger partial charge in [-0.2, -0.15) is 0 Å². The summed E-state index contributed by atoms with van der Waals surface area (Å²) in [5.41, 5.74) is 0.888. The van der Waals surface area contributed by atoms with Crippen LogP contribution in [0, 0.1) is 0 Å². The van der Waals surface area contributed by atoms with Crippen LogP contribution >= 0.6 is 0 Å². The minimum Gasteiger partial charge on any atom is -0.308 e. The van der Waals surface area contributed by atoms with Gasteiger partial charge in [0.15, 0.2) is 0 Å². The molecule has 1 N–H and O–H groups in total. The minimum atomic E-state index is 0.428. The predicted molar refractivity (Wildman–Crippen MR) is 74.4 cm³/mol. The van der Waals surface area contributed by atoms with E-state index in [0.29, 0.717) is 11.1 Å². The Bertz CT molecular complexity index is 239. The lowest BCUT2D eigenvalue weighted by Crippen LogP contribution is -2.70. The van der Waals surface area contributed by atoms with Gasteiger partial charge in [0.05, 0.1) is 0 Å². The van der Waals surface area contributed by atoms with Gasteiger partial charge in [0.25, 0.3) is 0 Å². The third-order valence-corrected chi connectivity index (χ3v) is 5.47. The summed E-state index contributed by atoms with van der Waals surface area (Å²) in [6.45, 7) is 10.7. The first-order valence-corrected chi connectivity index (χ1v) is 7.70. The first kappa shape index (κ1) is 13.4. The van der Waals surface area contributed by atoms with Crippen LogP contribution in [0.15, 0.2) is 0 Å². The molecule has 0 aromatic carbocycles. The molecule has 1 spiro atoms. The molecular formula is C15H30N2. The summed E-state index contributed by atoms with van der Waals surface area (Å²) in [7, 11) is 0. The smallest absolute Gasteiger partial charge is 0.0329 e. The van der Waals surface area contributed by atoms with Crippen molar-refractivity contribution in [3.63, 3.8) is 0 Å². The topological polar surface area (TPSA) is 15.3 Å². The van der Waals surface area contributed by atoms with Gasteiger partial charge >= 0.3 is 0 Å². The Kier molecular flexibility index (Phi) is 4.14. The summed E-state index contributed by atoms with van der Waals surface area (Å²) in [6.07, 6.45) is 9.65. The van der Waals surface area contributed by atoms with Crippen molar-refractivity contribution < 1.29 is 0 Å². The van der Waals surface area contributed by atoms with Crippen molar-refractivity contribution in [2.45, 2.75) is 76.8 Å². The highest BCUT2D eigenvalue weighted by Gasteiger charge is 2.45. The van der Waals surface area contributed by atoms with Crippen molar-refractivity contribution in [2.24, 2.45) is 0 Å². The lowest BCUT2D eigenvalue weighted by Gasteiger charge is -2.55. The van der Waals surface area contributed by atoms with Crippen LogP contribution in [0.25, 0.3) is 0 Å². The average Bonchev–Trinajstić information content (AvgIpc) is 2.40. The number of piperazine rings is 1. The molecule has 0 bridgehead atoms. The Morgan fingerprint density at radius 1 is 1.00 bits per heavy atom. The highest BCUT2D eigenvalue weighted by molar-refractivity contribution is 5.05. The van der Waals surface area contributed by atoms with E-state index in [1.807, 2.05) is 0 Å². The number of hydrogen-bond donors (Lipinski definition) is 1. The van der Waals surface area contributed by atoms with Crippen LogP contribution in [0.2, 0.25) is 0 Å². The van der Waals surface area contributed by atoms with E-state index < -0.39 is 0 Å². The van der Waals surface area contributed by atoms with Crippen molar-refractivity contribution >= 4 is 0 Å². The second-order valence-corrected chi connectivity index (χ2v) is 6.14. The first-order chi connectivity index (χ1) is 8.20. The van der Waals surface area contributed by atoms with Gasteiger partial charge in [-0.05, 0) is 32.2 Å². The van der Waals surface area contributed by atoms with E-state index in [1.165, 1.54) is 64.6 Å². The fraction of sp³-hybridized carbons (Fsp3) is 1.00. The highest BCUT2D eigenvalue weighted by Crippen LogP contribution is 2.36. The van der Waals surface area contributed by atoms with E-state index in [0.717, 1.165) is 0 Å². The molecule has 0 aromatic heterocycles. The molecule has 2 heteroatoms. The van der Waals surface area contributed by atoms with Gasteiger partial charge in [-0.3, -0.25) is 4.90 Å². The van der Waals surface area contributed by atoms with Crippen LogP contribution in [0.1, 0.15) is 65.7 Å². The zero-order valence-corrected chi connectivity index (χ0v) is 12.0. The van der Waals surface area contributed by atoms with Crippen molar-refractivity contribution in [3.05, 3.63) is 0 Å². The molecule has 0 aromatic rings. The maximum absolute atomic E-state index is 3.95. The molecule has 17 heavy (non-hydrogen) atoms. The molecule has 2 nitrogen and oxygen atoms in total. The van der Waals surface area contributed by atoms with Crippen LogP contribution in [-0.2, 0) is 0 Å². The van der Waals surface area contributed by atoms with E-state index in [9.17, 15) is 0 Å². The molecule has 2 rings (SSSR count). The lowest BCUT2D eigenvalue weighted by molar-refractivity contribution is -0.0105. The number of rotatable bonds is 3. The van der Waals surface area contributed by atoms with Crippen molar-refractivity contribution in [1.29, 1.82) is 0 Å². The zero-order chi connectivity index (χ0) is 12.4. The fourth-order valence-electron chi connectivity index (χ4n) is 4.01. The van der Waals surface area contributed by atoms with Gasteiger partial charge in [-0.15, -0.1) is 0 Å². The summed E-state index contributed by atoms with van der Waals surface area (Å²) >= 11 is 0. The molecule has 1 heterocycles. The Balaban J connectivity index is 2.10. The van der Waals surface area contributed by atoms with Gasteiger partial charge in [0.2, 0.25) is 0 Å². The summed E-state index contributed by atoms with van der Waals surface area (Å²) < 4.78 is 0. The molecule has 0 amide bonds. The molecule has 1 aliphatic heterocycles. The van der Waals surface area contributed by atoms with Crippen molar-refractivity contribution in [1.82, 2.24) is 10.2 Å². The van der Waals surface area contributed by atoms with Crippen LogP contribution in [0.3, 0.4) is 0 Å². The quantitative estimate of drug-likeness (QED) is 0.812. The van der Waals surface area contributed by atoms with Gasteiger partial charge in [0, 0.05) is 24.2 Å². The molecule has 1 aliphatic carbocycles. The van der Waals surface area contributed by atoms with E-state index >= 15 is 0 Å². The van der Waals surface area contributed by atoms with Crippen LogP contribution in [0.5, 0.6) is 0 Å². The predicted octanol–water partition coefficient (Wildman–Crippen LogP) is 3.17. The summed E-state index contributed by atoms with van der Waals surface area (Å²) in [6, 6.07) is 0. The monoisotopic (exact) mass is 238 g/mol. The molecule has 1 saturated heterocycles. The number of nitrogens with zero attached hydrogens (tertiary/aromatic N) is 1. The van der Waals surface area contributed by atoms with Crippen LogP contribution in [0.4, 0.5) is 0 Å². The van der Waals surface area contributed by atoms with Crippen molar-refractivity contribution in [3.8, 4) is 0 Å². The van der Waals surface area contributed by atoms with Crippen LogP contribution in [-0.4, -0.2) is 35.6 Å². The summed E-state index contributed by atoms with van der Waals surface area (Å²) in [5, 5.41) is 3.95. The molecule has 1 saturated carbocycles. The van der Waals surface area contributed by atoms with E-state index in [-0.39, 0.29) is 0 Å². The molecule has 100 valence electrons. The molecule has 0 atom stereocenters. The fourth-order valence-corrected chi connectivity index (χ4v) is 4.01. The maximum atomic E-state index is 3.95. The normalized spacial score (nSPS) is 28.4. The Labute approximate surface area is 107 Å². The second-order valence-electron chi connectivity index (χ2n) is 6.14. The Hall–Kier alpha value is -0.0800. The van der Waals surface area contributed by atoms with Gasteiger partial charge < -0.3 is 5.32 Å². The summed E-state index contributed by atoms with van der Waals surface area (Å²) in [4.78, 5) is 2.77. The number of hydrogen-bond acceptors (Lipinski definition) is 2. The SMILES string of the molecule is CCN1CC2(CCCCC2)NCC1(CC)CC. The van der Waals surface area contributed by atoms with Gasteiger partial charge in [-0.1, -0.05) is 40.0 Å². The molecule has 0 radical (unpaired) electrons. The van der Waals surface area contributed by atoms with E-state index in [4.69, 9.17) is 0 Å². The second kappa shape index (κ2) is 5.27. The van der Waals surface area contributed by atoms with Gasteiger partial charge in [-0.25, -0.2) is 0 Å². The Morgan fingerprint density at radius 2 is 1.65 bits per heavy atom.